The van der Waals surface area contributed by atoms with E-state index in [2.05, 4.69) is 26.1 Å². The number of nitro benzene ring substituents is 1. The molecule has 128 valence electrons. The Morgan fingerprint density at radius 3 is 2.12 bits per heavy atom. The van der Waals surface area contributed by atoms with E-state index < -0.39 is 14.9 Å². The zero-order valence-corrected chi connectivity index (χ0v) is 14.4. The number of rotatable bonds is 4. The third kappa shape index (κ3) is 4.09. The van der Waals surface area contributed by atoms with Crippen LogP contribution >= 0.6 is 0 Å². The predicted molar refractivity (Wildman–Crippen MR) is 92.9 cm³/mol. The molecule has 2 aromatic carbocycles. The van der Waals surface area contributed by atoms with E-state index in [1.807, 2.05) is 24.3 Å². The van der Waals surface area contributed by atoms with Crippen molar-refractivity contribution < 1.29 is 13.3 Å². The molecule has 0 spiro atoms. The number of nitrogens with one attached hydrogen (secondary N) is 1. The summed E-state index contributed by atoms with van der Waals surface area (Å²) in [5.74, 6) is 0. The second-order valence-electron chi connectivity index (χ2n) is 6.43. The summed E-state index contributed by atoms with van der Waals surface area (Å²) in [4.78, 5) is 10.3. The predicted octanol–water partition coefficient (Wildman–Crippen LogP) is 3.28. The Morgan fingerprint density at radius 1 is 1.08 bits per heavy atom. The number of sulfonamides is 1. The minimum absolute atomic E-state index is 0.00165. The standard InChI is InChI=1S/C16H19N3O4S/c1-16(2,3)11-4-6-12(7-5-11)18-14-9-8-13(24(17,22)23)10-15(14)19(20)21/h4-10,18H,1-3H3,(H2,17,22,23). The Labute approximate surface area is 140 Å². The van der Waals surface area contributed by atoms with Gasteiger partial charge in [0.05, 0.1) is 9.82 Å². The lowest BCUT2D eigenvalue weighted by atomic mass is 9.87. The maximum absolute atomic E-state index is 11.3. The minimum atomic E-state index is -4.00. The van der Waals surface area contributed by atoms with Crippen LogP contribution in [0.5, 0.6) is 0 Å². The topological polar surface area (TPSA) is 115 Å². The monoisotopic (exact) mass is 349 g/mol. The number of nitrogens with zero attached hydrogens (tertiary/aromatic N) is 1. The Balaban J connectivity index is 2.37. The highest BCUT2D eigenvalue weighted by Crippen LogP contribution is 2.31. The number of nitrogens with two attached hydrogens (primary N) is 1. The molecule has 24 heavy (non-hydrogen) atoms. The van der Waals surface area contributed by atoms with Gasteiger partial charge in [-0.2, -0.15) is 0 Å². The molecule has 0 unspecified atom stereocenters. The quantitative estimate of drug-likeness (QED) is 0.649. The molecule has 0 atom stereocenters. The van der Waals surface area contributed by atoms with Crippen LogP contribution < -0.4 is 10.5 Å². The van der Waals surface area contributed by atoms with Gasteiger partial charge in [0.25, 0.3) is 5.69 Å². The van der Waals surface area contributed by atoms with Crippen LogP contribution in [-0.2, 0) is 15.4 Å². The fourth-order valence-corrected chi connectivity index (χ4v) is 2.69. The second-order valence-corrected chi connectivity index (χ2v) is 7.99. The molecule has 0 amide bonds. The van der Waals surface area contributed by atoms with Crippen molar-refractivity contribution in [3.8, 4) is 0 Å². The van der Waals surface area contributed by atoms with Gasteiger partial charge in [0.2, 0.25) is 10.0 Å². The average Bonchev–Trinajstić information content (AvgIpc) is 2.46. The fourth-order valence-electron chi connectivity index (χ4n) is 2.15. The van der Waals surface area contributed by atoms with Gasteiger partial charge in [-0.05, 0) is 35.2 Å². The van der Waals surface area contributed by atoms with E-state index >= 15 is 0 Å². The normalized spacial score (nSPS) is 12.0. The first-order valence-electron chi connectivity index (χ1n) is 7.17. The van der Waals surface area contributed by atoms with Crippen LogP contribution in [-0.4, -0.2) is 13.3 Å². The molecule has 7 nitrogen and oxygen atoms in total. The van der Waals surface area contributed by atoms with E-state index in [4.69, 9.17) is 5.14 Å². The molecule has 2 rings (SSSR count). The van der Waals surface area contributed by atoms with Gasteiger partial charge in [0, 0.05) is 11.8 Å². The molecule has 0 aliphatic rings. The van der Waals surface area contributed by atoms with E-state index in [9.17, 15) is 18.5 Å². The van der Waals surface area contributed by atoms with Gasteiger partial charge < -0.3 is 5.32 Å². The number of nitro groups is 1. The summed E-state index contributed by atoms with van der Waals surface area (Å²) in [6.07, 6.45) is 0. The van der Waals surface area contributed by atoms with Crippen molar-refractivity contribution in [2.24, 2.45) is 5.14 Å². The number of hydrogen-bond acceptors (Lipinski definition) is 5. The number of primary sulfonamides is 1. The SMILES string of the molecule is CC(C)(C)c1ccc(Nc2ccc(S(N)(=O)=O)cc2[N+](=O)[O-])cc1. The van der Waals surface area contributed by atoms with Crippen LogP contribution in [0.15, 0.2) is 47.4 Å². The smallest absolute Gasteiger partial charge is 0.294 e. The van der Waals surface area contributed by atoms with E-state index in [1.165, 1.54) is 12.1 Å². The number of benzene rings is 2. The van der Waals surface area contributed by atoms with Gasteiger partial charge in [0.15, 0.2) is 0 Å². The highest BCUT2D eigenvalue weighted by Gasteiger charge is 2.19. The van der Waals surface area contributed by atoms with Crippen molar-refractivity contribution >= 4 is 27.1 Å². The largest absolute Gasteiger partial charge is 0.350 e. The Hall–Kier alpha value is -2.45. The van der Waals surface area contributed by atoms with Crippen molar-refractivity contribution in [2.45, 2.75) is 31.1 Å². The summed E-state index contributed by atoms with van der Waals surface area (Å²) in [6, 6.07) is 11.0. The fraction of sp³-hybridized carbons (Fsp3) is 0.250. The molecular formula is C16H19N3O4S. The highest BCUT2D eigenvalue weighted by atomic mass is 32.2. The van der Waals surface area contributed by atoms with Crippen LogP contribution in [0.1, 0.15) is 26.3 Å². The number of anilines is 2. The van der Waals surface area contributed by atoms with Crippen molar-refractivity contribution in [3.63, 3.8) is 0 Å². The molecule has 0 aliphatic carbocycles. The van der Waals surface area contributed by atoms with E-state index in [-0.39, 0.29) is 21.7 Å². The molecule has 2 aromatic rings. The van der Waals surface area contributed by atoms with Gasteiger partial charge in [0.1, 0.15) is 5.69 Å². The Morgan fingerprint density at radius 2 is 1.67 bits per heavy atom. The van der Waals surface area contributed by atoms with Crippen molar-refractivity contribution in [3.05, 3.63) is 58.1 Å². The first-order chi connectivity index (χ1) is 11.0. The lowest BCUT2D eigenvalue weighted by Crippen LogP contribution is -2.12. The van der Waals surface area contributed by atoms with Gasteiger partial charge in [-0.1, -0.05) is 32.9 Å². The van der Waals surface area contributed by atoms with Gasteiger partial charge >= 0.3 is 0 Å². The van der Waals surface area contributed by atoms with E-state index in [0.29, 0.717) is 5.69 Å². The van der Waals surface area contributed by atoms with Crippen molar-refractivity contribution in [2.75, 3.05) is 5.32 Å². The third-order valence-corrected chi connectivity index (χ3v) is 4.44. The van der Waals surface area contributed by atoms with Crippen LogP contribution in [0.4, 0.5) is 17.1 Å². The molecule has 0 saturated heterocycles. The maximum Gasteiger partial charge on any atom is 0.294 e. The lowest BCUT2D eigenvalue weighted by molar-refractivity contribution is -0.384. The van der Waals surface area contributed by atoms with Crippen LogP contribution in [0, 0.1) is 10.1 Å². The Kier molecular flexibility index (Phi) is 4.63. The lowest BCUT2D eigenvalue weighted by Gasteiger charge is -2.19. The molecule has 0 heterocycles. The molecule has 3 N–H and O–H groups in total. The molecule has 0 radical (unpaired) electrons. The Bertz CT molecular complexity index is 869. The van der Waals surface area contributed by atoms with Gasteiger partial charge in [-0.3, -0.25) is 10.1 Å². The van der Waals surface area contributed by atoms with Gasteiger partial charge in [-0.25, -0.2) is 13.6 Å². The van der Waals surface area contributed by atoms with E-state index in [0.717, 1.165) is 11.6 Å². The zero-order chi connectivity index (χ0) is 18.1. The molecule has 0 aliphatic heterocycles. The summed E-state index contributed by atoms with van der Waals surface area (Å²) in [5.41, 5.74) is 1.63. The van der Waals surface area contributed by atoms with Gasteiger partial charge in [-0.15, -0.1) is 0 Å². The maximum atomic E-state index is 11.3. The first kappa shape index (κ1) is 17.9. The summed E-state index contributed by atoms with van der Waals surface area (Å²) in [6.45, 7) is 6.27. The summed E-state index contributed by atoms with van der Waals surface area (Å²) >= 11 is 0. The summed E-state index contributed by atoms with van der Waals surface area (Å²) in [7, 11) is -4.00. The van der Waals surface area contributed by atoms with E-state index in [1.54, 1.807) is 0 Å². The second kappa shape index (κ2) is 6.21. The van der Waals surface area contributed by atoms with Crippen molar-refractivity contribution in [1.82, 2.24) is 0 Å². The molecule has 0 bridgehead atoms. The molecule has 8 heteroatoms. The zero-order valence-electron chi connectivity index (χ0n) is 13.6. The first-order valence-corrected chi connectivity index (χ1v) is 8.72. The summed E-state index contributed by atoms with van der Waals surface area (Å²) < 4.78 is 22.7. The molecule has 0 aromatic heterocycles. The average molecular weight is 349 g/mol. The van der Waals surface area contributed by atoms with Crippen LogP contribution in [0.2, 0.25) is 0 Å². The molecule has 0 fully saturated rings. The third-order valence-electron chi connectivity index (χ3n) is 3.52. The molecule has 0 saturated carbocycles. The highest BCUT2D eigenvalue weighted by molar-refractivity contribution is 7.89. The van der Waals surface area contributed by atoms with Crippen LogP contribution in [0.3, 0.4) is 0 Å². The minimum Gasteiger partial charge on any atom is -0.350 e. The molecular weight excluding hydrogens is 330 g/mol. The number of hydrogen-bond donors (Lipinski definition) is 2. The van der Waals surface area contributed by atoms with Crippen LogP contribution in [0.25, 0.3) is 0 Å². The van der Waals surface area contributed by atoms with Crippen molar-refractivity contribution in [1.29, 1.82) is 0 Å². The summed E-state index contributed by atoms with van der Waals surface area (Å²) in [5, 5.41) is 19.2.